The van der Waals surface area contributed by atoms with Gasteiger partial charge in [-0.3, -0.25) is 33.6 Å². The minimum atomic E-state index is -1.56. The van der Waals surface area contributed by atoms with Crippen LogP contribution in [0.1, 0.15) is 64.2 Å². The Hall–Kier alpha value is -4.90. The number of ketones is 1. The summed E-state index contributed by atoms with van der Waals surface area (Å²) in [5, 5.41) is 25.7. The number of halogens is 1. The minimum absolute atomic E-state index is 0.138. The maximum absolute atomic E-state index is 13.2. The number of benzene rings is 2. The summed E-state index contributed by atoms with van der Waals surface area (Å²) in [6.07, 6.45) is -0.325. The third-order valence-corrected chi connectivity index (χ3v) is 8.22. The summed E-state index contributed by atoms with van der Waals surface area (Å²) in [7, 11) is 0. The lowest BCUT2D eigenvalue weighted by Crippen LogP contribution is -2.61. The topological polar surface area (TPSA) is 264 Å². The molecular weight excluding hydrogens is 708 g/mol. The maximum atomic E-state index is 13.2. The Morgan fingerprint density at radius 1 is 0.642 bits per heavy atom. The van der Waals surface area contributed by atoms with Gasteiger partial charge in [-0.2, -0.15) is 0 Å². The van der Waals surface area contributed by atoms with E-state index in [4.69, 9.17) is 23.1 Å². The number of nitrogens with one attached hydrogen (secondary N) is 6. The van der Waals surface area contributed by atoms with Crippen LogP contribution in [0.25, 0.3) is 11.1 Å². The lowest BCUT2D eigenvalue weighted by molar-refractivity contribution is -0.140. The van der Waals surface area contributed by atoms with Crippen molar-refractivity contribution in [2.45, 2.75) is 96.2 Å². The average molecular weight is 759 g/mol. The molecule has 2 rings (SSSR count). The van der Waals surface area contributed by atoms with Crippen molar-refractivity contribution in [3.63, 3.8) is 0 Å². The summed E-state index contributed by atoms with van der Waals surface area (Å²) in [6.45, 7) is 7.26. The highest BCUT2D eigenvalue weighted by atomic mass is 35.5. The number of amides is 6. The number of unbranched alkanes of at least 4 members (excludes halogenated alkanes) is 1. The second-order valence-electron chi connectivity index (χ2n) is 12.9. The van der Waals surface area contributed by atoms with Gasteiger partial charge in [-0.15, -0.1) is 0 Å². The van der Waals surface area contributed by atoms with E-state index in [0.717, 1.165) is 11.1 Å². The van der Waals surface area contributed by atoms with E-state index in [1.165, 1.54) is 20.8 Å². The summed E-state index contributed by atoms with van der Waals surface area (Å²) in [6, 6.07) is 7.01. The molecule has 0 aliphatic carbocycles. The summed E-state index contributed by atoms with van der Waals surface area (Å²) in [5.41, 5.74) is 13.3. The molecule has 16 nitrogen and oxygen atoms in total. The molecule has 290 valence electrons. The van der Waals surface area contributed by atoms with Gasteiger partial charge in [0, 0.05) is 23.2 Å². The first-order chi connectivity index (χ1) is 25.0. The zero-order valence-electron chi connectivity index (χ0n) is 30.5. The molecule has 0 aliphatic rings. The smallest absolute Gasteiger partial charge is 0.289 e. The Labute approximate surface area is 313 Å². The monoisotopic (exact) mass is 758 g/mol. The van der Waals surface area contributed by atoms with Crippen LogP contribution in [0, 0.1) is 0 Å². The molecule has 0 bridgehead atoms. The SMILES string of the molecule is CC(C)NC(=O)C(=O)C(C)NC(=O)C(CCCCN)NC(=O)C(C)NC(=O)C(NC(=O)C(CN)NC(=O)c1ccc(-c2ccc(Cl)cc2)cc1)C(C)O. The van der Waals surface area contributed by atoms with Crippen LogP contribution in [0.5, 0.6) is 0 Å². The van der Waals surface area contributed by atoms with E-state index in [1.54, 1.807) is 50.2 Å². The molecule has 6 amide bonds. The van der Waals surface area contributed by atoms with E-state index in [1.807, 2.05) is 12.1 Å². The van der Waals surface area contributed by atoms with Crippen LogP contribution >= 0.6 is 11.6 Å². The highest BCUT2D eigenvalue weighted by molar-refractivity contribution is 6.38. The second-order valence-corrected chi connectivity index (χ2v) is 13.3. The number of carbonyl (C=O) groups excluding carboxylic acids is 7. The molecular formula is C36H51ClN8O8. The minimum Gasteiger partial charge on any atom is -0.391 e. The zero-order valence-corrected chi connectivity index (χ0v) is 31.3. The number of carbonyl (C=O) groups is 7. The molecule has 53 heavy (non-hydrogen) atoms. The normalized spacial score (nSPS) is 14.4. The van der Waals surface area contributed by atoms with E-state index in [9.17, 15) is 38.7 Å². The van der Waals surface area contributed by atoms with Gasteiger partial charge in [0.1, 0.15) is 24.2 Å². The van der Waals surface area contributed by atoms with Gasteiger partial charge in [0.15, 0.2) is 0 Å². The highest BCUT2D eigenvalue weighted by Gasteiger charge is 2.33. The van der Waals surface area contributed by atoms with Crippen LogP contribution in [0.2, 0.25) is 5.02 Å². The van der Waals surface area contributed by atoms with Gasteiger partial charge in [0.25, 0.3) is 11.8 Å². The van der Waals surface area contributed by atoms with Crippen molar-refractivity contribution >= 4 is 52.8 Å². The van der Waals surface area contributed by atoms with Crippen molar-refractivity contribution < 1.29 is 38.7 Å². The Balaban J connectivity index is 2.05. The highest BCUT2D eigenvalue weighted by Crippen LogP contribution is 2.22. The molecule has 2 aromatic carbocycles. The molecule has 0 spiro atoms. The number of nitrogens with two attached hydrogens (primary N) is 2. The number of hydrogen-bond donors (Lipinski definition) is 9. The van der Waals surface area contributed by atoms with Crippen molar-refractivity contribution in [3.05, 3.63) is 59.1 Å². The van der Waals surface area contributed by atoms with Gasteiger partial charge in [-0.25, -0.2) is 0 Å². The standard InChI is InChI=1S/C36H51ClN8O8/c1-19(2)40-36(53)30(47)20(3)41-33(50)27(8-6-7-17-38)43-31(48)21(4)42-35(52)29(22(5)46)45-34(51)28(18-39)44-32(49)25-11-9-23(10-12-25)24-13-15-26(37)16-14-24/h9-16,19-22,27-29,46H,6-8,17-18,38-39H2,1-5H3,(H,40,53)(H,41,50)(H,42,52)(H,43,48)(H,44,49)(H,45,51). The predicted molar refractivity (Wildman–Crippen MR) is 199 cm³/mol. The molecule has 0 heterocycles. The summed E-state index contributed by atoms with van der Waals surface area (Å²) >= 11 is 5.95. The lowest BCUT2D eigenvalue weighted by Gasteiger charge is -2.26. The van der Waals surface area contributed by atoms with Gasteiger partial charge in [0.2, 0.25) is 29.4 Å². The van der Waals surface area contributed by atoms with Crippen molar-refractivity contribution in [1.82, 2.24) is 31.9 Å². The number of Topliss-reactive ketones (excluding diaryl/α,β-unsaturated/α-hetero) is 1. The molecule has 0 saturated carbocycles. The fraction of sp³-hybridized carbons (Fsp3) is 0.472. The molecule has 2 aromatic rings. The van der Waals surface area contributed by atoms with Crippen LogP contribution in [0.4, 0.5) is 0 Å². The number of rotatable bonds is 20. The predicted octanol–water partition coefficient (Wildman–Crippen LogP) is -0.353. The van der Waals surface area contributed by atoms with Crippen LogP contribution < -0.4 is 43.4 Å². The van der Waals surface area contributed by atoms with Gasteiger partial charge >= 0.3 is 0 Å². The van der Waals surface area contributed by atoms with Gasteiger partial charge in [0.05, 0.1) is 12.1 Å². The third-order valence-electron chi connectivity index (χ3n) is 7.97. The summed E-state index contributed by atoms with van der Waals surface area (Å²) in [4.78, 5) is 90.0. The van der Waals surface area contributed by atoms with E-state index < -0.39 is 77.5 Å². The Bertz CT molecular complexity index is 1590. The van der Waals surface area contributed by atoms with Crippen molar-refractivity contribution in [2.24, 2.45) is 11.5 Å². The van der Waals surface area contributed by atoms with Gasteiger partial charge in [-0.05, 0) is 95.8 Å². The van der Waals surface area contributed by atoms with Gasteiger partial charge in [-0.1, -0.05) is 35.9 Å². The summed E-state index contributed by atoms with van der Waals surface area (Å²) < 4.78 is 0. The van der Waals surface area contributed by atoms with E-state index in [-0.39, 0.29) is 24.6 Å². The largest absolute Gasteiger partial charge is 0.391 e. The molecule has 0 saturated heterocycles. The molecule has 0 fully saturated rings. The van der Waals surface area contributed by atoms with E-state index in [2.05, 4.69) is 31.9 Å². The molecule has 6 atom stereocenters. The summed E-state index contributed by atoms with van der Waals surface area (Å²) in [5.74, 6) is -5.65. The van der Waals surface area contributed by atoms with Crippen LogP contribution in [-0.2, 0) is 28.8 Å². The van der Waals surface area contributed by atoms with E-state index >= 15 is 0 Å². The van der Waals surface area contributed by atoms with Gasteiger partial charge < -0.3 is 48.5 Å². The number of aliphatic hydroxyl groups is 1. The van der Waals surface area contributed by atoms with Crippen molar-refractivity contribution in [1.29, 1.82) is 0 Å². The van der Waals surface area contributed by atoms with Crippen LogP contribution in [-0.4, -0.2) is 102 Å². The molecule has 11 N–H and O–H groups in total. The number of hydrogen-bond acceptors (Lipinski definition) is 10. The molecule has 0 aromatic heterocycles. The Kier molecular flexibility index (Phi) is 18.0. The third kappa shape index (κ3) is 14.2. The second kappa shape index (κ2) is 21.6. The molecule has 6 unspecified atom stereocenters. The fourth-order valence-corrected chi connectivity index (χ4v) is 5.05. The first kappa shape index (κ1) is 44.3. The van der Waals surface area contributed by atoms with E-state index in [0.29, 0.717) is 24.4 Å². The van der Waals surface area contributed by atoms with Crippen molar-refractivity contribution in [3.8, 4) is 11.1 Å². The Morgan fingerprint density at radius 3 is 1.72 bits per heavy atom. The quantitative estimate of drug-likeness (QED) is 0.0626. The molecule has 0 radical (unpaired) electrons. The fourth-order valence-electron chi connectivity index (χ4n) is 4.93. The lowest BCUT2D eigenvalue weighted by atomic mass is 10.0. The Morgan fingerprint density at radius 2 is 1.19 bits per heavy atom. The zero-order chi connectivity index (χ0) is 39.8. The average Bonchev–Trinajstić information content (AvgIpc) is 3.11. The maximum Gasteiger partial charge on any atom is 0.289 e. The molecule has 17 heteroatoms. The first-order valence-corrected chi connectivity index (χ1v) is 17.7. The van der Waals surface area contributed by atoms with Crippen molar-refractivity contribution in [2.75, 3.05) is 13.1 Å². The first-order valence-electron chi connectivity index (χ1n) is 17.3. The molecule has 0 aliphatic heterocycles. The van der Waals surface area contributed by atoms with Crippen LogP contribution in [0.15, 0.2) is 48.5 Å². The van der Waals surface area contributed by atoms with Crippen LogP contribution in [0.3, 0.4) is 0 Å². The number of aliphatic hydroxyl groups excluding tert-OH is 1.